The van der Waals surface area contributed by atoms with Crippen LogP contribution in [0.15, 0.2) is 30.5 Å². The lowest BCUT2D eigenvalue weighted by molar-refractivity contribution is 0.468. The van der Waals surface area contributed by atoms with Crippen molar-refractivity contribution >= 4 is 5.69 Å². The summed E-state index contributed by atoms with van der Waals surface area (Å²) in [5.74, 6) is -0.277. The van der Waals surface area contributed by atoms with E-state index in [0.717, 1.165) is 12.8 Å². The summed E-state index contributed by atoms with van der Waals surface area (Å²) in [6.07, 6.45) is 6.58. The Balaban J connectivity index is 2.00. The molecule has 1 aromatic heterocycles. The van der Waals surface area contributed by atoms with Crippen molar-refractivity contribution in [2.45, 2.75) is 31.7 Å². The zero-order valence-corrected chi connectivity index (χ0v) is 10.1. The zero-order valence-electron chi connectivity index (χ0n) is 10.1. The maximum atomic E-state index is 13.7. The van der Waals surface area contributed by atoms with E-state index in [1.54, 1.807) is 18.2 Å². The van der Waals surface area contributed by atoms with Crippen LogP contribution in [0.2, 0.25) is 0 Å². The minimum atomic E-state index is -0.277. The largest absolute Gasteiger partial charge is 0.396 e. The molecule has 0 aliphatic heterocycles. The summed E-state index contributed by atoms with van der Waals surface area (Å²) < 4.78 is 15.6. The van der Waals surface area contributed by atoms with Crippen LogP contribution in [-0.2, 0) is 0 Å². The number of aromatic nitrogens is 2. The summed E-state index contributed by atoms with van der Waals surface area (Å²) in [4.78, 5) is 0. The van der Waals surface area contributed by atoms with E-state index in [9.17, 15) is 4.39 Å². The van der Waals surface area contributed by atoms with Crippen LogP contribution in [0.3, 0.4) is 0 Å². The molecule has 0 amide bonds. The topological polar surface area (TPSA) is 43.8 Å². The SMILES string of the molecule is Nc1cn(C2CCCC2)nc1-c1ccccc1F. The highest BCUT2D eigenvalue weighted by Gasteiger charge is 2.20. The number of hydrogen-bond acceptors (Lipinski definition) is 2. The van der Waals surface area contributed by atoms with E-state index in [2.05, 4.69) is 5.10 Å². The number of rotatable bonds is 2. The molecule has 2 aromatic rings. The van der Waals surface area contributed by atoms with Gasteiger partial charge in [-0.25, -0.2) is 4.39 Å². The lowest BCUT2D eigenvalue weighted by Gasteiger charge is -2.08. The Hall–Kier alpha value is -1.84. The van der Waals surface area contributed by atoms with Gasteiger partial charge in [-0.2, -0.15) is 5.10 Å². The molecule has 0 unspecified atom stereocenters. The van der Waals surface area contributed by atoms with Gasteiger partial charge < -0.3 is 5.73 Å². The summed E-state index contributed by atoms with van der Waals surface area (Å²) in [5, 5.41) is 4.47. The number of halogens is 1. The third kappa shape index (κ3) is 1.88. The molecule has 0 bridgehead atoms. The maximum Gasteiger partial charge on any atom is 0.132 e. The summed E-state index contributed by atoms with van der Waals surface area (Å²) in [5.41, 5.74) is 7.54. The van der Waals surface area contributed by atoms with Gasteiger partial charge in [0.05, 0.1) is 11.7 Å². The van der Waals surface area contributed by atoms with Gasteiger partial charge in [-0.1, -0.05) is 25.0 Å². The lowest BCUT2D eigenvalue weighted by Crippen LogP contribution is -2.05. The fourth-order valence-electron chi connectivity index (χ4n) is 2.62. The van der Waals surface area contributed by atoms with Crippen LogP contribution in [0, 0.1) is 5.82 Å². The predicted molar refractivity (Wildman–Crippen MR) is 69.5 cm³/mol. The summed E-state index contributed by atoms with van der Waals surface area (Å²) >= 11 is 0. The van der Waals surface area contributed by atoms with Crippen LogP contribution in [-0.4, -0.2) is 9.78 Å². The number of benzene rings is 1. The van der Waals surface area contributed by atoms with E-state index in [4.69, 9.17) is 5.73 Å². The van der Waals surface area contributed by atoms with Crippen LogP contribution in [0.4, 0.5) is 10.1 Å². The molecule has 0 spiro atoms. The first-order valence-electron chi connectivity index (χ1n) is 6.35. The molecule has 1 aliphatic carbocycles. The van der Waals surface area contributed by atoms with Crippen LogP contribution >= 0.6 is 0 Å². The fourth-order valence-corrected chi connectivity index (χ4v) is 2.62. The van der Waals surface area contributed by atoms with Gasteiger partial charge in [-0.3, -0.25) is 4.68 Å². The molecule has 2 N–H and O–H groups in total. The van der Waals surface area contributed by atoms with E-state index < -0.39 is 0 Å². The summed E-state index contributed by atoms with van der Waals surface area (Å²) in [6.45, 7) is 0. The van der Waals surface area contributed by atoms with Gasteiger partial charge in [0.15, 0.2) is 0 Å². The molecular formula is C14H16FN3. The second-order valence-electron chi connectivity index (χ2n) is 4.83. The van der Waals surface area contributed by atoms with Gasteiger partial charge in [0.25, 0.3) is 0 Å². The number of nitrogens with zero attached hydrogens (tertiary/aromatic N) is 2. The minimum absolute atomic E-state index is 0.277. The highest BCUT2D eigenvalue weighted by Crippen LogP contribution is 2.33. The lowest BCUT2D eigenvalue weighted by atomic mass is 10.1. The van der Waals surface area contributed by atoms with Crippen molar-refractivity contribution in [1.29, 1.82) is 0 Å². The van der Waals surface area contributed by atoms with Crippen molar-refractivity contribution in [3.8, 4) is 11.3 Å². The molecule has 1 heterocycles. The van der Waals surface area contributed by atoms with Gasteiger partial charge in [0.1, 0.15) is 11.5 Å². The molecule has 3 nitrogen and oxygen atoms in total. The third-order valence-electron chi connectivity index (χ3n) is 3.59. The number of hydrogen-bond donors (Lipinski definition) is 1. The highest BCUT2D eigenvalue weighted by atomic mass is 19.1. The molecule has 1 saturated carbocycles. The molecule has 3 rings (SSSR count). The first-order valence-corrected chi connectivity index (χ1v) is 6.35. The van der Waals surface area contributed by atoms with Crippen molar-refractivity contribution in [2.75, 3.05) is 5.73 Å². The van der Waals surface area contributed by atoms with Gasteiger partial charge in [-0.05, 0) is 25.0 Å². The second-order valence-corrected chi connectivity index (χ2v) is 4.83. The van der Waals surface area contributed by atoms with Crippen molar-refractivity contribution in [3.63, 3.8) is 0 Å². The van der Waals surface area contributed by atoms with E-state index in [1.165, 1.54) is 18.9 Å². The van der Waals surface area contributed by atoms with Crippen molar-refractivity contribution in [3.05, 3.63) is 36.3 Å². The number of anilines is 1. The Morgan fingerprint density at radius 3 is 2.67 bits per heavy atom. The summed E-state index contributed by atoms with van der Waals surface area (Å²) in [7, 11) is 0. The van der Waals surface area contributed by atoms with Gasteiger partial charge >= 0.3 is 0 Å². The molecule has 18 heavy (non-hydrogen) atoms. The Morgan fingerprint density at radius 2 is 1.94 bits per heavy atom. The Morgan fingerprint density at radius 1 is 1.22 bits per heavy atom. The van der Waals surface area contributed by atoms with Crippen molar-refractivity contribution in [1.82, 2.24) is 9.78 Å². The molecule has 1 fully saturated rings. The molecule has 4 heteroatoms. The number of nitrogens with two attached hydrogens (primary N) is 1. The van der Waals surface area contributed by atoms with E-state index in [1.807, 2.05) is 10.9 Å². The fraction of sp³-hybridized carbons (Fsp3) is 0.357. The second kappa shape index (κ2) is 4.44. The highest BCUT2D eigenvalue weighted by molar-refractivity contribution is 5.72. The molecule has 1 aromatic carbocycles. The van der Waals surface area contributed by atoms with Crippen molar-refractivity contribution in [2.24, 2.45) is 0 Å². The van der Waals surface area contributed by atoms with E-state index in [-0.39, 0.29) is 5.82 Å². The Bertz CT molecular complexity index is 556. The first kappa shape index (κ1) is 11.3. The molecule has 0 radical (unpaired) electrons. The predicted octanol–water partition coefficient (Wildman–Crippen LogP) is 3.39. The first-order chi connectivity index (χ1) is 8.75. The normalized spacial score (nSPS) is 16.3. The molecular weight excluding hydrogens is 229 g/mol. The molecule has 1 aliphatic rings. The standard InChI is InChI=1S/C14H16FN3/c15-12-8-4-3-7-11(12)14-13(16)9-18(17-14)10-5-1-2-6-10/h3-4,7-10H,1-2,5-6,16H2. The van der Waals surface area contributed by atoms with E-state index in [0.29, 0.717) is 23.0 Å². The van der Waals surface area contributed by atoms with Gasteiger partial charge in [-0.15, -0.1) is 0 Å². The van der Waals surface area contributed by atoms with Crippen LogP contribution < -0.4 is 5.73 Å². The van der Waals surface area contributed by atoms with Crippen LogP contribution in [0.25, 0.3) is 11.3 Å². The third-order valence-corrected chi connectivity index (χ3v) is 3.59. The quantitative estimate of drug-likeness (QED) is 0.881. The Labute approximate surface area is 105 Å². The summed E-state index contributed by atoms with van der Waals surface area (Å²) in [6, 6.07) is 7.04. The van der Waals surface area contributed by atoms with Crippen LogP contribution in [0.5, 0.6) is 0 Å². The van der Waals surface area contributed by atoms with Crippen LogP contribution in [0.1, 0.15) is 31.7 Å². The molecule has 0 saturated heterocycles. The zero-order chi connectivity index (χ0) is 12.5. The molecule has 94 valence electrons. The molecule has 0 atom stereocenters. The average molecular weight is 245 g/mol. The van der Waals surface area contributed by atoms with Gasteiger partial charge in [0, 0.05) is 11.8 Å². The Kier molecular flexibility index (Phi) is 2.78. The monoisotopic (exact) mass is 245 g/mol. The van der Waals surface area contributed by atoms with Gasteiger partial charge in [0.2, 0.25) is 0 Å². The smallest absolute Gasteiger partial charge is 0.132 e. The minimum Gasteiger partial charge on any atom is -0.396 e. The average Bonchev–Trinajstić information content (AvgIpc) is 2.99. The number of nitrogen functional groups attached to an aromatic ring is 1. The van der Waals surface area contributed by atoms with Crippen molar-refractivity contribution < 1.29 is 4.39 Å². The maximum absolute atomic E-state index is 13.7. The van der Waals surface area contributed by atoms with E-state index >= 15 is 0 Å².